The lowest BCUT2D eigenvalue weighted by Crippen LogP contribution is -2.49. The summed E-state index contributed by atoms with van der Waals surface area (Å²) >= 11 is 0. The van der Waals surface area contributed by atoms with Crippen molar-refractivity contribution in [2.24, 2.45) is 0 Å². The van der Waals surface area contributed by atoms with Gasteiger partial charge in [-0.15, -0.1) is 0 Å². The Morgan fingerprint density at radius 1 is 1.03 bits per heavy atom. The molecule has 166 valence electrons. The van der Waals surface area contributed by atoms with Gasteiger partial charge in [0.05, 0.1) is 6.54 Å². The predicted octanol–water partition coefficient (Wildman–Crippen LogP) is 2.41. The first kappa shape index (κ1) is 22.3. The number of unbranched alkanes of at least 4 members (excludes halogenated alkanes) is 1. The van der Waals surface area contributed by atoms with Crippen LogP contribution in [0.2, 0.25) is 0 Å². The van der Waals surface area contributed by atoms with E-state index in [1.165, 1.54) is 0 Å². The number of hydrogen-bond donors (Lipinski definition) is 0. The minimum atomic E-state index is -0.374. The highest BCUT2D eigenvalue weighted by Gasteiger charge is 2.47. The van der Waals surface area contributed by atoms with Crippen molar-refractivity contribution in [2.45, 2.75) is 70.9 Å². The molecule has 7 nitrogen and oxygen atoms in total. The molecule has 1 spiro atoms. The summed E-state index contributed by atoms with van der Waals surface area (Å²) in [4.78, 5) is 33.5. The number of piperazine rings is 1. The van der Waals surface area contributed by atoms with E-state index in [9.17, 15) is 9.59 Å². The van der Waals surface area contributed by atoms with E-state index >= 15 is 0 Å². The molecule has 3 rings (SSSR count). The number of ether oxygens (including phenoxy) is 1. The summed E-state index contributed by atoms with van der Waals surface area (Å²) in [6, 6.07) is 0.626. The van der Waals surface area contributed by atoms with E-state index in [2.05, 4.69) is 30.6 Å². The normalized spacial score (nSPS) is 23.2. The molecule has 0 atom stereocenters. The van der Waals surface area contributed by atoms with Gasteiger partial charge in [0.1, 0.15) is 5.60 Å². The average Bonchev–Trinajstić information content (AvgIpc) is 3.01. The van der Waals surface area contributed by atoms with E-state index in [0.29, 0.717) is 32.1 Å². The first-order valence-corrected chi connectivity index (χ1v) is 11.6. The molecule has 0 saturated carbocycles. The van der Waals surface area contributed by atoms with Crippen LogP contribution >= 0.6 is 0 Å². The van der Waals surface area contributed by atoms with Gasteiger partial charge in [-0.05, 0) is 33.2 Å². The number of carbonyl (C=O) groups is 2. The first-order chi connectivity index (χ1) is 13.9. The molecule has 0 radical (unpaired) electrons. The van der Waals surface area contributed by atoms with Crippen molar-refractivity contribution in [2.75, 3.05) is 58.9 Å². The molecule has 3 aliphatic rings. The van der Waals surface area contributed by atoms with Crippen molar-refractivity contribution in [3.63, 3.8) is 0 Å². The quantitative estimate of drug-likeness (QED) is 0.617. The lowest BCUT2D eigenvalue weighted by molar-refractivity contribution is -0.134. The maximum absolute atomic E-state index is 12.4. The van der Waals surface area contributed by atoms with Crippen LogP contribution in [-0.2, 0) is 9.53 Å². The minimum absolute atomic E-state index is 0.166. The number of amides is 2. The third-order valence-electron chi connectivity index (χ3n) is 6.85. The summed E-state index contributed by atoms with van der Waals surface area (Å²) in [5.74, 6) is 0.250. The highest BCUT2D eigenvalue weighted by atomic mass is 16.6. The summed E-state index contributed by atoms with van der Waals surface area (Å²) < 4.78 is 5.82. The van der Waals surface area contributed by atoms with Gasteiger partial charge in [-0.2, -0.15) is 0 Å². The van der Waals surface area contributed by atoms with Gasteiger partial charge >= 0.3 is 6.09 Å². The number of likely N-dealkylation sites (tertiary alicyclic amines) is 1. The van der Waals surface area contributed by atoms with Crippen LogP contribution in [0, 0.1) is 0 Å². The summed E-state index contributed by atoms with van der Waals surface area (Å²) in [7, 11) is 0. The van der Waals surface area contributed by atoms with E-state index in [-0.39, 0.29) is 17.6 Å². The van der Waals surface area contributed by atoms with Crippen LogP contribution in [0.3, 0.4) is 0 Å². The number of piperidine rings is 1. The Morgan fingerprint density at radius 2 is 1.72 bits per heavy atom. The fourth-order valence-corrected chi connectivity index (χ4v) is 4.76. The molecular formula is C22H40N4O3. The van der Waals surface area contributed by atoms with E-state index < -0.39 is 0 Å². The monoisotopic (exact) mass is 408 g/mol. The molecule has 3 fully saturated rings. The van der Waals surface area contributed by atoms with E-state index in [0.717, 1.165) is 71.4 Å². The molecule has 2 amide bonds. The fourth-order valence-electron chi connectivity index (χ4n) is 4.76. The van der Waals surface area contributed by atoms with E-state index in [4.69, 9.17) is 4.74 Å². The maximum atomic E-state index is 12.4. The van der Waals surface area contributed by atoms with Crippen molar-refractivity contribution in [1.29, 1.82) is 0 Å². The summed E-state index contributed by atoms with van der Waals surface area (Å²) in [5, 5.41) is 0. The van der Waals surface area contributed by atoms with Crippen LogP contribution < -0.4 is 0 Å². The molecule has 0 aliphatic carbocycles. The molecule has 0 aromatic heterocycles. The SMILES string of the molecule is CCCCC(=O)N1CCC2(CC1)CN(CCCN1CCN(C(C)C)CC1)C(=O)O2. The van der Waals surface area contributed by atoms with E-state index in [1.807, 2.05) is 9.80 Å². The standard InChI is InChI=1S/C22H40N4O3/c1-4-5-7-20(27)25-12-8-22(9-13-25)18-26(21(28)29-22)11-6-10-23-14-16-24(17-15-23)19(2)3/h19H,4-18H2,1-3H3. The van der Waals surface area contributed by atoms with Crippen LogP contribution in [0.1, 0.15) is 59.3 Å². The Balaban J connectivity index is 1.37. The second-order valence-electron chi connectivity index (χ2n) is 9.28. The van der Waals surface area contributed by atoms with Gasteiger partial charge in [0.25, 0.3) is 0 Å². The largest absolute Gasteiger partial charge is 0.441 e. The highest BCUT2D eigenvalue weighted by Crippen LogP contribution is 2.33. The average molecular weight is 409 g/mol. The summed E-state index contributed by atoms with van der Waals surface area (Å²) in [6.45, 7) is 15.1. The number of hydrogen-bond acceptors (Lipinski definition) is 5. The van der Waals surface area contributed by atoms with Gasteiger partial charge < -0.3 is 19.4 Å². The van der Waals surface area contributed by atoms with Crippen LogP contribution in [0.5, 0.6) is 0 Å². The molecule has 3 saturated heterocycles. The van der Waals surface area contributed by atoms with Gasteiger partial charge in [-0.3, -0.25) is 9.69 Å². The molecule has 0 aromatic carbocycles. The maximum Gasteiger partial charge on any atom is 0.410 e. The highest BCUT2D eigenvalue weighted by molar-refractivity contribution is 5.76. The molecule has 3 heterocycles. The molecule has 0 unspecified atom stereocenters. The van der Waals surface area contributed by atoms with Crippen LogP contribution in [0.25, 0.3) is 0 Å². The summed E-state index contributed by atoms with van der Waals surface area (Å²) in [5.41, 5.74) is -0.374. The third kappa shape index (κ3) is 5.85. The minimum Gasteiger partial charge on any atom is -0.441 e. The number of carbonyl (C=O) groups excluding carboxylic acids is 2. The lowest BCUT2D eigenvalue weighted by Gasteiger charge is -2.37. The molecule has 3 aliphatic heterocycles. The van der Waals surface area contributed by atoms with Gasteiger partial charge in [0.2, 0.25) is 5.91 Å². The molecule has 7 heteroatoms. The molecule has 29 heavy (non-hydrogen) atoms. The van der Waals surface area contributed by atoms with Crippen LogP contribution in [0.15, 0.2) is 0 Å². The van der Waals surface area contributed by atoms with Gasteiger partial charge in [-0.1, -0.05) is 13.3 Å². The molecular weight excluding hydrogens is 368 g/mol. The molecule has 0 bridgehead atoms. The Morgan fingerprint density at radius 3 is 2.34 bits per heavy atom. The zero-order chi connectivity index (χ0) is 20.9. The van der Waals surface area contributed by atoms with Crippen molar-refractivity contribution >= 4 is 12.0 Å². The Labute approximate surface area is 176 Å². The fraction of sp³-hybridized carbons (Fsp3) is 0.909. The Bertz CT molecular complexity index is 552. The zero-order valence-corrected chi connectivity index (χ0v) is 18.7. The number of nitrogens with zero attached hydrogens (tertiary/aromatic N) is 4. The topological polar surface area (TPSA) is 56.3 Å². The van der Waals surface area contributed by atoms with Gasteiger partial charge in [0, 0.05) is 71.1 Å². The van der Waals surface area contributed by atoms with Crippen molar-refractivity contribution in [3.8, 4) is 0 Å². The Kier molecular flexibility index (Phi) is 7.79. The van der Waals surface area contributed by atoms with E-state index in [1.54, 1.807) is 0 Å². The van der Waals surface area contributed by atoms with Crippen LogP contribution in [-0.4, -0.2) is 102 Å². The second kappa shape index (κ2) is 10.1. The molecule has 0 aromatic rings. The van der Waals surface area contributed by atoms with Crippen molar-refractivity contribution < 1.29 is 14.3 Å². The third-order valence-corrected chi connectivity index (χ3v) is 6.85. The van der Waals surface area contributed by atoms with Gasteiger partial charge in [-0.25, -0.2) is 4.79 Å². The van der Waals surface area contributed by atoms with Crippen molar-refractivity contribution in [3.05, 3.63) is 0 Å². The van der Waals surface area contributed by atoms with Crippen molar-refractivity contribution in [1.82, 2.24) is 19.6 Å². The lowest BCUT2D eigenvalue weighted by atomic mass is 9.91. The molecule has 0 N–H and O–H groups in total. The Hall–Kier alpha value is -1.34. The second-order valence-corrected chi connectivity index (χ2v) is 9.28. The number of rotatable bonds is 8. The van der Waals surface area contributed by atoms with Gasteiger partial charge in [0.15, 0.2) is 0 Å². The zero-order valence-electron chi connectivity index (χ0n) is 18.7. The summed E-state index contributed by atoms with van der Waals surface area (Å²) in [6.07, 6.45) is 5.00. The van der Waals surface area contributed by atoms with Crippen LogP contribution in [0.4, 0.5) is 4.79 Å². The first-order valence-electron chi connectivity index (χ1n) is 11.6. The predicted molar refractivity (Wildman–Crippen MR) is 114 cm³/mol. The smallest absolute Gasteiger partial charge is 0.410 e.